The predicted octanol–water partition coefficient (Wildman–Crippen LogP) is 16.1. The lowest BCUT2D eigenvalue weighted by atomic mass is 10.0. The summed E-state index contributed by atoms with van der Waals surface area (Å²) in [5.41, 5.74) is 18.7. The largest absolute Gasteiger partial charge is 0.436 e. The van der Waals surface area contributed by atoms with Gasteiger partial charge in [-0.1, -0.05) is 84.9 Å². The van der Waals surface area contributed by atoms with Gasteiger partial charge in [-0.2, -0.15) is 0 Å². The second kappa shape index (κ2) is 17.0. The molecule has 8 heteroatoms. The molecule has 0 spiro atoms. The highest BCUT2D eigenvalue weighted by Gasteiger charge is 2.19. The van der Waals surface area contributed by atoms with Crippen LogP contribution in [0.15, 0.2) is 227 Å². The fourth-order valence-corrected chi connectivity index (χ4v) is 8.82. The first-order valence-electron chi connectivity index (χ1n) is 22.6. The minimum atomic E-state index is 0.599. The molecule has 0 aliphatic rings. The number of rotatable bonds is 10. The molecule has 0 amide bonds. The molecular weight excluding hydrogens is 837 g/mol. The van der Waals surface area contributed by atoms with Gasteiger partial charge in [0.2, 0.25) is 11.8 Å². The van der Waals surface area contributed by atoms with E-state index in [0.717, 1.165) is 112 Å². The van der Waals surface area contributed by atoms with Gasteiger partial charge in [0.05, 0.1) is 22.4 Å². The summed E-state index contributed by atoms with van der Waals surface area (Å²) >= 11 is 0. The maximum Gasteiger partial charge on any atom is 0.227 e. The number of hydrogen-bond donors (Lipinski definition) is 0. The Bertz CT molecular complexity index is 3490. The zero-order valence-electron chi connectivity index (χ0n) is 37.3. The Labute approximate surface area is 393 Å². The van der Waals surface area contributed by atoms with Crippen LogP contribution in [0.5, 0.6) is 0 Å². The highest BCUT2D eigenvalue weighted by Crippen LogP contribution is 2.41. The fraction of sp³-hybridized carbons (Fsp3) is 0.0333. The number of aryl methyl sites for hydroxylation is 2. The molecule has 3 aromatic heterocycles. The molecule has 0 fully saturated rings. The van der Waals surface area contributed by atoms with E-state index in [1.807, 2.05) is 72.8 Å². The average Bonchev–Trinajstić information content (AvgIpc) is 4.02. The molecule has 324 valence electrons. The lowest BCUT2D eigenvalue weighted by Crippen LogP contribution is -2.10. The topological polar surface area (TPSA) is 84.3 Å². The zero-order valence-corrected chi connectivity index (χ0v) is 37.3. The summed E-state index contributed by atoms with van der Waals surface area (Å²) in [5.74, 6) is 1.20. The van der Waals surface area contributed by atoms with Gasteiger partial charge in [-0.3, -0.25) is 0 Å². The molecule has 12 aromatic rings. The number of aromatic nitrogens is 4. The Morgan fingerprint density at radius 3 is 0.985 bits per heavy atom. The number of hydrogen-bond acceptors (Lipinski definition) is 8. The molecule has 68 heavy (non-hydrogen) atoms. The van der Waals surface area contributed by atoms with E-state index >= 15 is 0 Å². The van der Waals surface area contributed by atoms with E-state index in [1.165, 1.54) is 0 Å². The molecule has 0 bridgehead atoms. The van der Waals surface area contributed by atoms with Crippen molar-refractivity contribution in [2.45, 2.75) is 13.8 Å². The Morgan fingerprint density at radius 1 is 0.294 bits per heavy atom. The van der Waals surface area contributed by atoms with Crippen LogP contribution in [0.2, 0.25) is 0 Å². The first-order valence-corrected chi connectivity index (χ1v) is 22.6. The normalized spacial score (nSPS) is 11.4. The van der Waals surface area contributed by atoms with Crippen LogP contribution in [0.3, 0.4) is 0 Å². The lowest BCUT2D eigenvalue weighted by molar-refractivity contribution is 0.619. The lowest BCUT2D eigenvalue weighted by Gasteiger charge is -2.26. The van der Waals surface area contributed by atoms with E-state index in [-0.39, 0.29) is 0 Å². The summed E-state index contributed by atoms with van der Waals surface area (Å²) in [6, 6.07) is 74.8. The van der Waals surface area contributed by atoms with Gasteiger partial charge in [-0.05, 0) is 158 Å². The van der Waals surface area contributed by atoms with E-state index in [9.17, 15) is 0 Å². The van der Waals surface area contributed by atoms with Crippen molar-refractivity contribution in [3.8, 4) is 45.4 Å². The standard InChI is InChI=1S/C60H42N6O2/c1-39-17-35-55-53(37-39)63-59(67-55)43-23-31-49(32-24-43)65(45-11-5-3-6-12-45)47-27-19-41(20-28-47)57-58(62-52-16-10-9-15-51(52)61-57)42-21-29-48(30-22-42)66(46-13-7-4-8-14-46)50-33-25-44(26-34-50)60-64-54-38-40(2)18-36-56(54)68-60/h3-38H,1-2H3. The predicted molar refractivity (Wildman–Crippen MR) is 275 cm³/mol. The first-order chi connectivity index (χ1) is 33.5. The average molecular weight is 879 g/mol. The van der Waals surface area contributed by atoms with Crippen LogP contribution in [0.25, 0.3) is 78.7 Å². The summed E-state index contributed by atoms with van der Waals surface area (Å²) in [4.78, 5) is 24.6. The van der Waals surface area contributed by atoms with Gasteiger partial charge in [-0.15, -0.1) is 0 Å². The van der Waals surface area contributed by atoms with Crippen LogP contribution in [-0.4, -0.2) is 19.9 Å². The summed E-state index contributed by atoms with van der Waals surface area (Å²) in [7, 11) is 0. The summed E-state index contributed by atoms with van der Waals surface area (Å²) in [6.07, 6.45) is 0. The van der Waals surface area contributed by atoms with E-state index in [4.69, 9.17) is 28.8 Å². The van der Waals surface area contributed by atoms with E-state index in [0.29, 0.717) is 11.8 Å². The van der Waals surface area contributed by atoms with Gasteiger partial charge in [0.1, 0.15) is 11.0 Å². The minimum absolute atomic E-state index is 0.599. The van der Waals surface area contributed by atoms with Gasteiger partial charge in [0.25, 0.3) is 0 Å². The van der Waals surface area contributed by atoms with Crippen LogP contribution in [0.1, 0.15) is 11.1 Å². The molecule has 0 aliphatic carbocycles. The molecule has 9 aromatic carbocycles. The van der Waals surface area contributed by atoms with E-state index < -0.39 is 0 Å². The van der Waals surface area contributed by atoms with Gasteiger partial charge in [-0.25, -0.2) is 19.9 Å². The van der Waals surface area contributed by atoms with Crippen LogP contribution in [0, 0.1) is 13.8 Å². The third kappa shape index (κ3) is 7.69. The molecule has 0 N–H and O–H groups in total. The van der Waals surface area contributed by atoms with Crippen LogP contribution in [-0.2, 0) is 0 Å². The number of oxazole rings is 2. The SMILES string of the molecule is Cc1ccc2oc(-c3ccc(N(c4ccccc4)c4ccc(-c5nc6ccccc6nc5-c5ccc(N(c6ccccc6)c6ccc(-c7nc8cc(C)ccc8o7)cc6)cc5)cc4)cc3)nc2c1. The minimum Gasteiger partial charge on any atom is -0.436 e. The van der Waals surface area contributed by atoms with Crippen molar-refractivity contribution in [3.63, 3.8) is 0 Å². The van der Waals surface area contributed by atoms with Crippen molar-refractivity contribution in [2.75, 3.05) is 9.80 Å². The molecule has 0 unspecified atom stereocenters. The molecule has 0 saturated heterocycles. The molecule has 0 aliphatic heterocycles. The van der Waals surface area contributed by atoms with Crippen LogP contribution in [0.4, 0.5) is 34.1 Å². The van der Waals surface area contributed by atoms with Gasteiger partial charge in [0.15, 0.2) is 11.2 Å². The van der Waals surface area contributed by atoms with E-state index in [1.54, 1.807) is 0 Å². The van der Waals surface area contributed by atoms with E-state index in [2.05, 4.69) is 169 Å². The second-order valence-electron chi connectivity index (χ2n) is 16.9. The van der Waals surface area contributed by atoms with Crippen molar-refractivity contribution < 1.29 is 8.83 Å². The number of para-hydroxylation sites is 4. The van der Waals surface area contributed by atoms with Crippen LogP contribution >= 0.6 is 0 Å². The summed E-state index contributed by atoms with van der Waals surface area (Å²) in [6.45, 7) is 4.12. The quantitative estimate of drug-likeness (QED) is 0.134. The van der Waals surface area contributed by atoms with Gasteiger partial charge in [0, 0.05) is 56.4 Å². The number of nitrogens with zero attached hydrogens (tertiary/aromatic N) is 6. The van der Waals surface area contributed by atoms with Crippen molar-refractivity contribution in [1.82, 2.24) is 19.9 Å². The molecule has 0 saturated carbocycles. The highest BCUT2D eigenvalue weighted by molar-refractivity contribution is 5.89. The zero-order chi connectivity index (χ0) is 45.6. The van der Waals surface area contributed by atoms with Crippen LogP contribution < -0.4 is 9.80 Å². The smallest absolute Gasteiger partial charge is 0.227 e. The number of benzene rings is 9. The van der Waals surface area contributed by atoms with Crippen molar-refractivity contribution in [2.24, 2.45) is 0 Å². The molecule has 0 radical (unpaired) electrons. The number of anilines is 6. The summed E-state index contributed by atoms with van der Waals surface area (Å²) in [5, 5.41) is 0. The summed E-state index contributed by atoms with van der Waals surface area (Å²) < 4.78 is 12.3. The van der Waals surface area contributed by atoms with Gasteiger partial charge >= 0.3 is 0 Å². The maximum atomic E-state index is 6.14. The Morgan fingerprint density at radius 2 is 0.618 bits per heavy atom. The third-order valence-electron chi connectivity index (χ3n) is 12.2. The Hall–Kier alpha value is -9.14. The van der Waals surface area contributed by atoms with Gasteiger partial charge < -0.3 is 18.6 Å². The first kappa shape index (κ1) is 40.4. The molecule has 3 heterocycles. The molecule has 8 nitrogen and oxygen atoms in total. The highest BCUT2D eigenvalue weighted by atomic mass is 16.4. The third-order valence-corrected chi connectivity index (χ3v) is 12.2. The Balaban J connectivity index is 0.877. The molecule has 12 rings (SSSR count). The molecular formula is C60H42N6O2. The fourth-order valence-electron chi connectivity index (χ4n) is 8.82. The van der Waals surface area contributed by atoms with Crippen molar-refractivity contribution in [3.05, 3.63) is 230 Å². The Kier molecular flexibility index (Phi) is 10.1. The maximum absolute atomic E-state index is 6.14. The van der Waals surface area contributed by atoms with Crippen molar-refractivity contribution in [1.29, 1.82) is 0 Å². The second-order valence-corrected chi connectivity index (χ2v) is 16.9. The monoisotopic (exact) mass is 878 g/mol. The van der Waals surface area contributed by atoms with Crippen molar-refractivity contribution >= 4 is 67.4 Å². The molecule has 0 atom stereocenters. The number of fused-ring (bicyclic) bond motifs is 3.